The molecule has 0 atom stereocenters. The van der Waals surface area contributed by atoms with Crippen LogP contribution < -0.4 is 4.72 Å². The number of hydrogen-bond donors (Lipinski definition) is 1. The van der Waals surface area contributed by atoms with Gasteiger partial charge in [-0.3, -0.25) is 14.8 Å². The largest absolute Gasteiger partial charge is 0.345 e. The van der Waals surface area contributed by atoms with Crippen molar-refractivity contribution in [2.75, 3.05) is 10.6 Å². The molecule has 1 aromatic carbocycles. The summed E-state index contributed by atoms with van der Waals surface area (Å²) in [5.74, 6) is 0.452. The third kappa shape index (κ3) is 3.90. The SMILES string of the molecule is O=[N+]([O-])c1cnc(NS(=O)(=O)c2ccc(CCCl)cc2)s1. The molecule has 1 N–H and O–H groups in total. The number of sulfonamides is 1. The highest BCUT2D eigenvalue weighted by molar-refractivity contribution is 7.93. The molecule has 10 heteroatoms. The van der Waals surface area contributed by atoms with Crippen LogP contribution in [0, 0.1) is 10.1 Å². The minimum atomic E-state index is -3.82. The zero-order chi connectivity index (χ0) is 15.5. The summed E-state index contributed by atoms with van der Waals surface area (Å²) in [7, 11) is -3.82. The van der Waals surface area contributed by atoms with Crippen LogP contribution in [0.4, 0.5) is 10.1 Å². The number of hydrogen-bond acceptors (Lipinski definition) is 6. The second-order valence-electron chi connectivity index (χ2n) is 3.95. The van der Waals surface area contributed by atoms with Crippen molar-refractivity contribution in [3.8, 4) is 0 Å². The Balaban J connectivity index is 2.18. The Bertz CT molecular complexity index is 743. The molecule has 0 radical (unpaired) electrons. The average Bonchev–Trinajstić information content (AvgIpc) is 2.88. The minimum Gasteiger partial charge on any atom is -0.257 e. The normalized spacial score (nSPS) is 11.3. The van der Waals surface area contributed by atoms with E-state index in [1.165, 1.54) is 12.1 Å². The van der Waals surface area contributed by atoms with Gasteiger partial charge < -0.3 is 0 Å². The number of thiazole rings is 1. The van der Waals surface area contributed by atoms with Crippen LogP contribution in [0.2, 0.25) is 0 Å². The lowest BCUT2D eigenvalue weighted by Gasteiger charge is -2.05. The zero-order valence-electron chi connectivity index (χ0n) is 10.5. The van der Waals surface area contributed by atoms with Crippen molar-refractivity contribution in [1.82, 2.24) is 4.98 Å². The molecule has 0 bridgehead atoms. The summed E-state index contributed by atoms with van der Waals surface area (Å²) in [6.45, 7) is 0. The van der Waals surface area contributed by atoms with Crippen LogP contribution in [0.1, 0.15) is 5.56 Å². The fraction of sp³-hybridized carbons (Fsp3) is 0.182. The topological polar surface area (TPSA) is 102 Å². The Morgan fingerprint density at radius 2 is 2.00 bits per heavy atom. The van der Waals surface area contributed by atoms with Crippen LogP contribution in [0.5, 0.6) is 0 Å². The molecule has 0 fully saturated rings. The third-order valence-electron chi connectivity index (χ3n) is 2.51. The molecule has 1 heterocycles. The maximum atomic E-state index is 12.1. The highest BCUT2D eigenvalue weighted by atomic mass is 35.5. The van der Waals surface area contributed by atoms with Gasteiger partial charge in [0.25, 0.3) is 10.0 Å². The van der Waals surface area contributed by atoms with E-state index < -0.39 is 14.9 Å². The second kappa shape index (κ2) is 6.37. The molecule has 0 aliphatic carbocycles. The van der Waals surface area contributed by atoms with Crippen LogP contribution in [-0.4, -0.2) is 24.2 Å². The molecule has 112 valence electrons. The summed E-state index contributed by atoms with van der Waals surface area (Å²) in [5, 5.41) is 10.3. The molecule has 0 saturated carbocycles. The Kier molecular flexibility index (Phi) is 4.76. The number of aryl methyl sites for hydroxylation is 1. The van der Waals surface area contributed by atoms with Crippen LogP contribution in [0.15, 0.2) is 35.4 Å². The molecule has 2 aromatic rings. The quantitative estimate of drug-likeness (QED) is 0.491. The first kappa shape index (κ1) is 15.7. The Morgan fingerprint density at radius 1 is 1.33 bits per heavy atom. The number of nitrogens with one attached hydrogen (secondary N) is 1. The number of nitro groups is 1. The first-order valence-electron chi connectivity index (χ1n) is 5.70. The van der Waals surface area contributed by atoms with Gasteiger partial charge in [-0.05, 0) is 35.5 Å². The van der Waals surface area contributed by atoms with E-state index in [0.717, 1.165) is 11.8 Å². The highest BCUT2D eigenvalue weighted by Gasteiger charge is 2.18. The van der Waals surface area contributed by atoms with Crippen molar-refractivity contribution in [1.29, 1.82) is 0 Å². The molecule has 7 nitrogen and oxygen atoms in total. The molecule has 0 spiro atoms. The molecule has 0 aliphatic rings. The van der Waals surface area contributed by atoms with Gasteiger partial charge in [-0.25, -0.2) is 13.4 Å². The third-order valence-corrected chi connectivity index (χ3v) is 5.05. The standard InChI is InChI=1S/C11H10ClN3O4S2/c12-6-5-8-1-3-9(4-2-8)21(18,19)14-11-13-7-10(20-11)15(16)17/h1-4,7H,5-6H2,(H,13,14). The van der Waals surface area contributed by atoms with E-state index in [4.69, 9.17) is 11.6 Å². The van der Waals surface area contributed by atoms with Gasteiger partial charge in [0.15, 0.2) is 0 Å². The lowest BCUT2D eigenvalue weighted by Crippen LogP contribution is -2.12. The first-order chi connectivity index (χ1) is 9.92. The lowest BCUT2D eigenvalue weighted by molar-refractivity contribution is -0.380. The fourth-order valence-corrected chi connectivity index (χ4v) is 3.61. The minimum absolute atomic E-state index is 0.0495. The average molecular weight is 348 g/mol. The van der Waals surface area contributed by atoms with E-state index >= 15 is 0 Å². The summed E-state index contributed by atoms with van der Waals surface area (Å²) in [4.78, 5) is 13.6. The number of benzene rings is 1. The number of aromatic nitrogens is 1. The van der Waals surface area contributed by atoms with Crippen molar-refractivity contribution < 1.29 is 13.3 Å². The fourth-order valence-electron chi connectivity index (χ4n) is 1.52. The Hall–Kier alpha value is -1.71. The summed E-state index contributed by atoms with van der Waals surface area (Å²) in [6.07, 6.45) is 1.65. The Labute approximate surface area is 129 Å². The summed E-state index contributed by atoms with van der Waals surface area (Å²) in [5.41, 5.74) is 0.925. The number of anilines is 1. The van der Waals surface area contributed by atoms with Crippen molar-refractivity contribution in [3.05, 3.63) is 46.1 Å². The molecule has 0 saturated heterocycles. The van der Waals surface area contributed by atoms with Crippen LogP contribution in [-0.2, 0) is 16.4 Å². The van der Waals surface area contributed by atoms with Crippen LogP contribution in [0.3, 0.4) is 0 Å². The summed E-state index contributed by atoms with van der Waals surface area (Å²) in [6, 6.07) is 6.24. The smallest absolute Gasteiger partial charge is 0.257 e. The maximum Gasteiger partial charge on any atom is 0.345 e. The highest BCUT2D eigenvalue weighted by Crippen LogP contribution is 2.27. The van der Waals surface area contributed by atoms with Gasteiger partial charge in [-0.2, -0.15) is 0 Å². The van der Waals surface area contributed by atoms with Gasteiger partial charge in [0, 0.05) is 5.88 Å². The molecule has 0 aliphatic heterocycles. The van der Waals surface area contributed by atoms with Crippen molar-refractivity contribution in [2.24, 2.45) is 0 Å². The van der Waals surface area contributed by atoms with E-state index in [0.29, 0.717) is 23.6 Å². The number of halogens is 1. The molecule has 1 aromatic heterocycles. The molecular weight excluding hydrogens is 338 g/mol. The number of alkyl halides is 1. The first-order valence-corrected chi connectivity index (χ1v) is 8.54. The summed E-state index contributed by atoms with van der Waals surface area (Å²) >= 11 is 6.26. The lowest BCUT2D eigenvalue weighted by atomic mass is 10.2. The van der Waals surface area contributed by atoms with E-state index in [9.17, 15) is 18.5 Å². The van der Waals surface area contributed by atoms with E-state index in [2.05, 4.69) is 9.71 Å². The monoisotopic (exact) mass is 347 g/mol. The van der Waals surface area contributed by atoms with Crippen molar-refractivity contribution in [3.63, 3.8) is 0 Å². The molecule has 21 heavy (non-hydrogen) atoms. The van der Waals surface area contributed by atoms with Gasteiger partial charge in [0.2, 0.25) is 5.13 Å². The number of rotatable bonds is 6. The predicted octanol–water partition coefficient (Wildman–Crippen LogP) is 2.63. The van der Waals surface area contributed by atoms with Crippen LogP contribution in [0.25, 0.3) is 0 Å². The zero-order valence-corrected chi connectivity index (χ0v) is 12.9. The number of nitrogens with zero attached hydrogens (tertiary/aromatic N) is 2. The van der Waals surface area contributed by atoms with E-state index in [1.54, 1.807) is 12.1 Å². The van der Waals surface area contributed by atoms with Crippen molar-refractivity contribution in [2.45, 2.75) is 11.3 Å². The van der Waals surface area contributed by atoms with Crippen molar-refractivity contribution >= 4 is 43.1 Å². The van der Waals surface area contributed by atoms with Gasteiger partial charge in [-0.15, -0.1) is 11.6 Å². The maximum absolute atomic E-state index is 12.1. The van der Waals surface area contributed by atoms with Gasteiger partial charge >= 0.3 is 5.00 Å². The van der Waals surface area contributed by atoms with E-state index in [-0.39, 0.29) is 15.0 Å². The van der Waals surface area contributed by atoms with Crippen LogP contribution >= 0.6 is 22.9 Å². The van der Waals surface area contributed by atoms with Gasteiger partial charge in [-0.1, -0.05) is 12.1 Å². The van der Waals surface area contributed by atoms with Gasteiger partial charge in [0.05, 0.1) is 9.82 Å². The predicted molar refractivity (Wildman–Crippen MR) is 80.4 cm³/mol. The second-order valence-corrected chi connectivity index (χ2v) is 7.02. The molecule has 2 rings (SSSR count). The molecule has 0 unspecified atom stereocenters. The molecule has 0 amide bonds. The summed E-state index contributed by atoms with van der Waals surface area (Å²) < 4.78 is 26.4. The Morgan fingerprint density at radius 3 is 2.52 bits per heavy atom. The molecular formula is C11H10ClN3O4S2. The van der Waals surface area contributed by atoms with Gasteiger partial charge in [0.1, 0.15) is 6.20 Å². The van der Waals surface area contributed by atoms with E-state index in [1.807, 2.05) is 0 Å².